The summed E-state index contributed by atoms with van der Waals surface area (Å²) in [5.74, 6) is -1.53. The summed E-state index contributed by atoms with van der Waals surface area (Å²) in [6.45, 7) is 4.34. The molecule has 3 atom stereocenters. The van der Waals surface area contributed by atoms with Crippen LogP contribution in [0, 0.1) is 0 Å². The molecule has 3 unspecified atom stereocenters. The van der Waals surface area contributed by atoms with E-state index in [9.17, 15) is 28.9 Å². The third-order valence-corrected chi connectivity index (χ3v) is 12.7. The van der Waals surface area contributed by atoms with Gasteiger partial charge in [0.2, 0.25) is 0 Å². The minimum absolute atomic E-state index is 0.127. The lowest BCUT2D eigenvalue weighted by atomic mass is 10.1. The van der Waals surface area contributed by atoms with Crippen molar-refractivity contribution < 1.29 is 52.2 Å². The van der Waals surface area contributed by atoms with Gasteiger partial charge in [0.05, 0.1) is 19.8 Å². The molecule has 0 amide bonds. The van der Waals surface area contributed by atoms with Gasteiger partial charge in [-0.25, -0.2) is 4.57 Å². The van der Waals surface area contributed by atoms with E-state index < -0.39 is 57.8 Å². The first-order chi connectivity index (χ1) is 35.2. The normalized spacial score (nSPS) is 14.0. The van der Waals surface area contributed by atoms with Crippen molar-refractivity contribution in [2.45, 2.75) is 251 Å². The fourth-order valence-corrected chi connectivity index (χ4v) is 8.28. The first-order valence-electron chi connectivity index (χ1n) is 28.5. The molecule has 0 saturated carbocycles. The number of hydrogen-bond donors (Lipinski definition) is 2. The second-order valence-corrected chi connectivity index (χ2v) is 20.1. The Morgan fingerprint density at radius 2 is 0.722 bits per heavy atom. The van der Waals surface area contributed by atoms with Crippen LogP contribution in [0.4, 0.5) is 0 Å². The summed E-state index contributed by atoms with van der Waals surface area (Å²) < 4.78 is 39.4. The van der Waals surface area contributed by atoms with Gasteiger partial charge in [-0.05, 0) is 109 Å². The highest BCUT2D eigenvalue weighted by molar-refractivity contribution is 7.47. The fraction of sp³-hybridized carbons (Fsp3) is 0.717. The van der Waals surface area contributed by atoms with Crippen molar-refractivity contribution in [1.29, 1.82) is 0 Å². The van der Waals surface area contributed by atoms with Crippen LogP contribution in [0.15, 0.2) is 85.1 Å². The Morgan fingerprint density at radius 1 is 0.403 bits per heavy atom. The largest absolute Gasteiger partial charge is 0.472 e. The van der Waals surface area contributed by atoms with Gasteiger partial charge in [0.15, 0.2) is 6.10 Å². The van der Waals surface area contributed by atoms with Gasteiger partial charge in [0.1, 0.15) is 12.7 Å². The third kappa shape index (κ3) is 51.6. The molecule has 0 aliphatic heterocycles. The summed E-state index contributed by atoms with van der Waals surface area (Å²) in [6.07, 6.45) is 61.3. The SMILES string of the molecule is CC/C=C\C/C=C\C/C=C\CCCCCC(=O)OC(CO)COP(=O)(O)OCC(COC(=O)CCCCCCCCCCC/C=C\CCCCCCCC)OC(=O)CCCCC/C=C\C/C=C\C/C=C\CC. The molecule has 0 aliphatic rings. The van der Waals surface area contributed by atoms with Crippen molar-refractivity contribution in [3.05, 3.63) is 85.1 Å². The average Bonchev–Trinajstić information content (AvgIpc) is 3.37. The van der Waals surface area contributed by atoms with Crippen LogP contribution in [0.3, 0.4) is 0 Å². The molecule has 12 heteroatoms. The molecule has 0 saturated heterocycles. The fourth-order valence-electron chi connectivity index (χ4n) is 7.50. The number of esters is 3. The van der Waals surface area contributed by atoms with Crippen LogP contribution >= 0.6 is 7.82 Å². The Morgan fingerprint density at radius 3 is 1.14 bits per heavy atom. The molecule has 2 N–H and O–H groups in total. The summed E-state index contributed by atoms with van der Waals surface area (Å²) in [4.78, 5) is 48.5. The van der Waals surface area contributed by atoms with Gasteiger partial charge in [-0.3, -0.25) is 23.4 Å². The summed E-state index contributed by atoms with van der Waals surface area (Å²) in [7, 11) is -4.76. The van der Waals surface area contributed by atoms with Crippen molar-refractivity contribution in [3.63, 3.8) is 0 Å². The van der Waals surface area contributed by atoms with Crippen LogP contribution in [0.1, 0.15) is 239 Å². The van der Waals surface area contributed by atoms with Gasteiger partial charge in [0.25, 0.3) is 0 Å². The Hall–Kier alpha value is -3.34. The van der Waals surface area contributed by atoms with Crippen LogP contribution in [0.25, 0.3) is 0 Å². The lowest BCUT2D eigenvalue weighted by Crippen LogP contribution is -2.30. The number of allylic oxidation sites excluding steroid dienone is 14. The standard InChI is InChI=1S/C60H103O11P/c1-4-7-10-13-16-19-22-25-26-27-28-29-30-33-34-37-40-43-46-49-58(62)67-53-57(71-60(64)51-48-45-42-39-36-32-24-21-18-15-12-9-6-3)55-69-72(65,66)68-54-56(52-61)70-59(63)50-47-44-41-38-35-31-23-20-17-14-11-8-5-2/h8-9,11-12,17-18,20-21,25-26,31-32,35-36,56-57,61H,4-7,10,13-16,19,22-24,27-30,33-34,37-55H2,1-3H3,(H,65,66)/b11-8-,12-9-,20-17-,21-18-,26-25-,35-31-,36-32-. The number of ether oxygens (including phenoxy) is 3. The van der Waals surface area contributed by atoms with Crippen LogP contribution in [0.2, 0.25) is 0 Å². The van der Waals surface area contributed by atoms with Gasteiger partial charge in [-0.2, -0.15) is 0 Å². The molecular weight excluding hydrogens is 928 g/mol. The molecule has 0 aliphatic carbocycles. The highest BCUT2D eigenvalue weighted by Crippen LogP contribution is 2.43. The molecule has 0 fully saturated rings. The molecule has 0 aromatic rings. The summed E-state index contributed by atoms with van der Waals surface area (Å²) in [5.41, 5.74) is 0. The Balaban J connectivity index is 4.74. The quantitative estimate of drug-likeness (QED) is 0.0197. The smallest absolute Gasteiger partial charge is 0.462 e. The molecule has 0 aromatic carbocycles. The zero-order valence-corrected chi connectivity index (χ0v) is 46.5. The maximum Gasteiger partial charge on any atom is 0.472 e. The molecule has 0 heterocycles. The molecule has 0 rings (SSSR count). The van der Waals surface area contributed by atoms with E-state index in [-0.39, 0.29) is 25.9 Å². The molecule has 0 aromatic heterocycles. The first-order valence-corrected chi connectivity index (χ1v) is 30.0. The van der Waals surface area contributed by atoms with E-state index in [1.54, 1.807) is 0 Å². The average molecular weight is 1030 g/mol. The van der Waals surface area contributed by atoms with Crippen LogP contribution in [-0.2, 0) is 42.2 Å². The molecule has 414 valence electrons. The van der Waals surface area contributed by atoms with Gasteiger partial charge in [-0.15, -0.1) is 0 Å². The monoisotopic (exact) mass is 1030 g/mol. The molecule has 0 bridgehead atoms. The van der Waals surface area contributed by atoms with Gasteiger partial charge < -0.3 is 24.2 Å². The number of carbonyl (C=O) groups excluding carboxylic acids is 3. The number of carbonyl (C=O) groups is 3. The maximum absolute atomic E-state index is 12.9. The molecule has 0 radical (unpaired) electrons. The van der Waals surface area contributed by atoms with Crippen molar-refractivity contribution in [2.24, 2.45) is 0 Å². The van der Waals surface area contributed by atoms with E-state index in [1.165, 1.54) is 83.5 Å². The summed E-state index contributed by atoms with van der Waals surface area (Å²) in [5, 5.41) is 9.79. The highest BCUT2D eigenvalue weighted by Gasteiger charge is 2.28. The number of aliphatic hydroxyl groups is 1. The van der Waals surface area contributed by atoms with Gasteiger partial charge in [-0.1, -0.05) is 196 Å². The van der Waals surface area contributed by atoms with E-state index in [0.717, 1.165) is 96.3 Å². The van der Waals surface area contributed by atoms with Crippen molar-refractivity contribution in [3.8, 4) is 0 Å². The maximum atomic E-state index is 12.9. The molecule has 11 nitrogen and oxygen atoms in total. The van der Waals surface area contributed by atoms with E-state index in [1.807, 2.05) is 0 Å². The van der Waals surface area contributed by atoms with Gasteiger partial charge >= 0.3 is 25.7 Å². The lowest BCUT2D eigenvalue weighted by Gasteiger charge is -2.21. The molecule has 72 heavy (non-hydrogen) atoms. The predicted molar refractivity (Wildman–Crippen MR) is 298 cm³/mol. The Labute approximate surface area is 439 Å². The zero-order valence-electron chi connectivity index (χ0n) is 45.6. The summed E-state index contributed by atoms with van der Waals surface area (Å²) in [6, 6.07) is 0. The van der Waals surface area contributed by atoms with Crippen molar-refractivity contribution in [1.82, 2.24) is 0 Å². The number of phosphoric ester groups is 1. The number of phosphoric acid groups is 1. The number of unbranched alkanes of at least 4 members (excludes halogenated alkanes) is 21. The van der Waals surface area contributed by atoms with Crippen molar-refractivity contribution in [2.75, 3.05) is 26.4 Å². The second-order valence-electron chi connectivity index (χ2n) is 18.7. The zero-order chi connectivity index (χ0) is 52.7. The predicted octanol–water partition coefficient (Wildman–Crippen LogP) is 16.7. The van der Waals surface area contributed by atoms with Crippen molar-refractivity contribution >= 4 is 25.7 Å². The number of rotatable bonds is 52. The van der Waals surface area contributed by atoms with E-state index in [2.05, 4.69) is 106 Å². The lowest BCUT2D eigenvalue weighted by molar-refractivity contribution is -0.161. The third-order valence-electron chi connectivity index (χ3n) is 11.8. The highest BCUT2D eigenvalue weighted by atomic mass is 31.2. The van der Waals surface area contributed by atoms with E-state index >= 15 is 0 Å². The van der Waals surface area contributed by atoms with E-state index in [0.29, 0.717) is 19.3 Å². The summed E-state index contributed by atoms with van der Waals surface area (Å²) >= 11 is 0. The Bertz CT molecular complexity index is 1530. The van der Waals surface area contributed by atoms with Crippen LogP contribution in [-0.4, -0.2) is 66.5 Å². The first kappa shape index (κ1) is 68.7. The van der Waals surface area contributed by atoms with Crippen LogP contribution < -0.4 is 0 Å². The van der Waals surface area contributed by atoms with E-state index in [4.69, 9.17) is 23.3 Å². The number of aliphatic hydroxyl groups excluding tert-OH is 1. The van der Waals surface area contributed by atoms with Crippen LogP contribution in [0.5, 0.6) is 0 Å². The minimum Gasteiger partial charge on any atom is -0.462 e. The van der Waals surface area contributed by atoms with Gasteiger partial charge in [0, 0.05) is 19.3 Å². The minimum atomic E-state index is -4.76. The topological polar surface area (TPSA) is 155 Å². The molecule has 0 spiro atoms. The molecular formula is C60H103O11P. The Kier molecular flexibility index (Phi) is 51.4. The second kappa shape index (κ2) is 53.9. The number of hydrogen-bond acceptors (Lipinski definition) is 10.